The Hall–Kier alpha value is -3.65. The van der Waals surface area contributed by atoms with Gasteiger partial charge in [0.05, 0.1) is 22.8 Å². The van der Waals surface area contributed by atoms with Crippen molar-refractivity contribution in [2.75, 3.05) is 16.6 Å². The van der Waals surface area contributed by atoms with Crippen molar-refractivity contribution in [2.24, 2.45) is 0 Å². The van der Waals surface area contributed by atoms with Gasteiger partial charge in [-0.05, 0) is 68.3 Å². The van der Waals surface area contributed by atoms with Crippen molar-refractivity contribution >= 4 is 33.3 Å². The molecule has 0 spiro atoms. The number of hydrogen-bond acceptors (Lipinski definition) is 5. The van der Waals surface area contributed by atoms with Gasteiger partial charge in [0.2, 0.25) is 0 Å². The molecule has 3 aromatic rings. The van der Waals surface area contributed by atoms with Gasteiger partial charge in [-0.25, -0.2) is 13.2 Å². The van der Waals surface area contributed by atoms with E-state index in [-0.39, 0.29) is 17.1 Å². The molecule has 0 atom stereocenters. The summed E-state index contributed by atoms with van der Waals surface area (Å²) in [6, 6.07) is 17.6. The number of anilines is 2. The highest BCUT2D eigenvalue weighted by Crippen LogP contribution is 2.23. The van der Waals surface area contributed by atoms with Crippen LogP contribution >= 0.6 is 0 Å². The number of carbonyl (C=O) groups excluding carboxylic acids is 2. The predicted octanol–water partition coefficient (Wildman–Crippen LogP) is 4.53. The van der Waals surface area contributed by atoms with E-state index in [0.717, 1.165) is 5.56 Å². The minimum atomic E-state index is -3.80. The second-order valence-electron chi connectivity index (χ2n) is 7.15. The maximum absolute atomic E-state index is 12.9. The molecule has 0 aliphatic heterocycles. The van der Waals surface area contributed by atoms with E-state index in [1.165, 1.54) is 18.2 Å². The van der Waals surface area contributed by atoms with Gasteiger partial charge in [0.25, 0.3) is 15.9 Å². The number of rotatable bonds is 7. The van der Waals surface area contributed by atoms with Crippen molar-refractivity contribution in [3.8, 4) is 0 Å². The van der Waals surface area contributed by atoms with Crippen molar-refractivity contribution in [3.63, 3.8) is 0 Å². The minimum Gasteiger partial charge on any atom is -0.462 e. The first-order valence-electron chi connectivity index (χ1n) is 9.99. The first-order chi connectivity index (χ1) is 15.2. The highest BCUT2D eigenvalue weighted by Gasteiger charge is 2.17. The summed E-state index contributed by atoms with van der Waals surface area (Å²) >= 11 is 0. The molecule has 0 bridgehead atoms. The fourth-order valence-electron chi connectivity index (χ4n) is 2.97. The van der Waals surface area contributed by atoms with Gasteiger partial charge >= 0.3 is 5.97 Å². The van der Waals surface area contributed by atoms with Gasteiger partial charge in [0, 0.05) is 11.3 Å². The molecule has 2 N–H and O–H groups in total. The van der Waals surface area contributed by atoms with Crippen LogP contribution in [0.4, 0.5) is 11.4 Å². The van der Waals surface area contributed by atoms with Crippen LogP contribution in [0.5, 0.6) is 0 Å². The van der Waals surface area contributed by atoms with Crippen molar-refractivity contribution in [1.29, 1.82) is 0 Å². The fourth-order valence-corrected chi connectivity index (χ4v) is 4.11. The van der Waals surface area contributed by atoms with Crippen molar-refractivity contribution in [1.82, 2.24) is 0 Å². The van der Waals surface area contributed by atoms with E-state index in [1.807, 2.05) is 0 Å². The topological polar surface area (TPSA) is 102 Å². The maximum Gasteiger partial charge on any atom is 0.338 e. The molecule has 0 radical (unpaired) electrons. The zero-order valence-electron chi connectivity index (χ0n) is 18.0. The van der Waals surface area contributed by atoms with Gasteiger partial charge in [-0.3, -0.25) is 9.52 Å². The highest BCUT2D eigenvalue weighted by molar-refractivity contribution is 7.92. The molecule has 1 amide bonds. The summed E-state index contributed by atoms with van der Waals surface area (Å²) in [6.07, 6.45) is 0. The molecule has 7 nitrogen and oxygen atoms in total. The minimum absolute atomic E-state index is 0.126. The average molecular weight is 453 g/mol. The lowest BCUT2D eigenvalue weighted by atomic mass is 10.1. The van der Waals surface area contributed by atoms with Gasteiger partial charge in [-0.2, -0.15) is 0 Å². The largest absolute Gasteiger partial charge is 0.462 e. The molecular weight excluding hydrogens is 428 g/mol. The molecule has 0 saturated heterocycles. The quantitative estimate of drug-likeness (QED) is 0.513. The van der Waals surface area contributed by atoms with Gasteiger partial charge in [-0.1, -0.05) is 30.3 Å². The zero-order chi connectivity index (χ0) is 23.3. The van der Waals surface area contributed by atoms with Crippen LogP contribution in [-0.4, -0.2) is 26.9 Å². The van der Waals surface area contributed by atoms with E-state index in [1.54, 1.807) is 69.3 Å². The molecule has 0 fully saturated rings. The summed E-state index contributed by atoms with van der Waals surface area (Å²) in [7, 11) is -3.80. The number of ether oxygens (including phenoxy) is 1. The Morgan fingerprint density at radius 2 is 1.44 bits per heavy atom. The van der Waals surface area contributed by atoms with Crippen LogP contribution in [0.15, 0.2) is 71.6 Å². The fraction of sp³-hybridized carbons (Fsp3) is 0.167. The summed E-state index contributed by atoms with van der Waals surface area (Å²) in [5.74, 6) is -0.912. The summed E-state index contributed by atoms with van der Waals surface area (Å²) in [5.41, 5.74) is 2.80. The Balaban J connectivity index is 1.85. The van der Waals surface area contributed by atoms with Crippen LogP contribution in [-0.2, 0) is 14.8 Å². The monoisotopic (exact) mass is 452 g/mol. The molecule has 0 heterocycles. The number of nitrogens with one attached hydrogen (secondary N) is 2. The van der Waals surface area contributed by atoms with Crippen LogP contribution in [0.2, 0.25) is 0 Å². The van der Waals surface area contributed by atoms with E-state index < -0.39 is 21.9 Å². The number of sulfonamides is 1. The van der Waals surface area contributed by atoms with Crippen molar-refractivity contribution < 1.29 is 22.7 Å². The van der Waals surface area contributed by atoms with E-state index in [9.17, 15) is 18.0 Å². The lowest BCUT2D eigenvalue weighted by molar-refractivity contribution is 0.0526. The van der Waals surface area contributed by atoms with Gasteiger partial charge in [0.15, 0.2) is 0 Å². The lowest BCUT2D eigenvalue weighted by Gasteiger charge is -2.14. The average Bonchev–Trinajstić information content (AvgIpc) is 2.77. The summed E-state index contributed by atoms with van der Waals surface area (Å²) in [6.45, 7) is 5.52. The summed E-state index contributed by atoms with van der Waals surface area (Å²) in [4.78, 5) is 25.0. The van der Waals surface area contributed by atoms with Gasteiger partial charge in [0.1, 0.15) is 0 Å². The van der Waals surface area contributed by atoms with Gasteiger partial charge in [-0.15, -0.1) is 0 Å². The Morgan fingerprint density at radius 3 is 2.09 bits per heavy atom. The Morgan fingerprint density at radius 1 is 0.844 bits per heavy atom. The number of benzene rings is 3. The van der Waals surface area contributed by atoms with Crippen LogP contribution in [0.25, 0.3) is 0 Å². The van der Waals surface area contributed by atoms with Crippen LogP contribution in [0, 0.1) is 13.8 Å². The third-order valence-corrected chi connectivity index (χ3v) is 6.18. The first kappa shape index (κ1) is 23.0. The molecule has 3 rings (SSSR count). The molecule has 0 unspecified atom stereocenters. The number of esters is 1. The van der Waals surface area contributed by atoms with Crippen LogP contribution < -0.4 is 10.0 Å². The Bertz CT molecular complexity index is 1250. The van der Waals surface area contributed by atoms with Crippen molar-refractivity contribution in [2.45, 2.75) is 25.7 Å². The normalized spacial score (nSPS) is 11.0. The SMILES string of the molecule is CCOC(=O)c1ccc(C)c(NC(=O)c2ccc(C)c(NS(=O)(=O)c3ccccc3)c2)c1. The maximum atomic E-state index is 12.9. The summed E-state index contributed by atoms with van der Waals surface area (Å²) in [5, 5.41) is 2.78. The molecule has 0 aliphatic carbocycles. The predicted molar refractivity (Wildman–Crippen MR) is 124 cm³/mol. The molecule has 166 valence electrons. The number of hydrogen-bond donors (Lipinski definition) is 2. The third-order valence-electron chi connectivity index (χ3n) is 4.79. The number of amides is 1. The molecule has 0 aliphatic rings. The zero-order valence-corrected chi connectivity index (χ0v) is 18.8. The standard InChI is InChI=1S/C24H24N2O5S/c1-4-31-24(28)19-13-11-16(2)21(15-19)25-23(27)18-12-10-17(3)22(14-18)26-32(29,30)20-8-6-5-7-9-20/h5-15,26H,4H2,1-3H3,(H,25,27). The van der Waals surface area contributed by atoms with Crippen LogP contribution in [0.1, 0.15) is 38.8 Å². The Kier molecular flexibility index (Phi) is 6.95. The Labute approximate surface area is 187 Å². The number of carbonyl (C=O) groups is 2. The molecule has 8 heteroatoms. The van der Waals surface area contributed by atoms with Gasteiger partial charge < -0.3 is 10.1 Å². The third kappa shape index (κ3) is 5.33. The molecule has 0 aromatic heterocycles. The highest BCUT2D eigenvalue weighted by atomic mass is 32.2. The second-order valence-corrected chi connectivity index (χ2v) is 8.83. The molecule has 32 heavy (non-hydrogen) atoms. The smallest absolute Gasteiger partial charge is 0.338 e. The number of aryl methyl sites for hydroxylation is 2. The molecule has 0 saturated carbocycles. The van der Waals surface area contributed by atoms with E-state index in [4.69, 9.17) is 4.74 Å². The first-order valence-corrected chi connectivity index (χ1v) is 11.5. The van der Waals surface area contributed by atoms with Crippen molar-refractivity contribution in [3.05, 3.63) is 89.0 Å². The summed E-state index contributed by atoms with van der Waals surface area (Å²) < 4.78 is 32.9. The van der Waals surface area contributed by atoms with E-state index in [0.29, 0.717) is 22.5 Å². The van der Waals surface area contributed by atoms with E-state index >= 15 is 0 Å². The van der Waals surface area contributed by atoms with E-state index in [2.05, 4.69) is 10.0 Å². The lowest BCUT2D eigenvalue weighted by Crippen LogP contribution is -2.16. The molecule has 3 aromatic carbocycles. The second kappa shape index (κ2) is 9.65. The van der Waals surface area contributed by atoms with Crippen LogP contribution in [0.3, 0.4) is 0 Å². The molecular formula is C24H24N2O5S.